The van der Waals surface area contributed by atoms with Gasteiger partial charge in [0.05, 0.1) is 63.5 Å². The molecule has 0 radical (unpaired) electrons. The summed E-state index contributed by atoms with van der Waals surface area (Å²) in [6, 6.07) is 0. The fourth-order valence-electron chi connectivity index (χ4n) is 6.39. The van der Waals surface area contributed by atoms with E-state index in [1.807, 2.05) is 6.92 Å². The molecule has 0 bridgehead atoms. The molecule has 0 aromatic heterocycles. The van der Waals surface area contributed by atoms with Gasteiger partial charge in [0.1, 0.15) is 6.61 Å². The number of nitrogens with one attached hydrogen (secondary N) is 1. The third-order valence-electron chi connectivity index (χ3n) is 9.17. The molecule has 4 aliphatic rings. The van der Waals surface area contributed by atoms with E-state index in [9.17, 15) is 28.5 Å². The molecule has 0 spiro atoms. The van der Waals surface area contributed by atoms with Gasteiger partial charge in [-0.3, -0.25) is 13.7 Å². The summed E-state index contributed by atoms with van der Waals surface area (Å²) in [7, 11) is 0.0643. The number of ether oxygens (including phenoxy) is 4. The Balaban J connectivity index is 1.37. The Morgan fingerprint density at radius 2 is 1.15 bits per heavy atom. The zero-order valence-corrected chi connectivity index (χ0v) is 37.0. The Morgan fingerprint density at radius 3 is 1.71 bits per heavy atom. The SMILES string of the molecule is C[C@H]1CN(P(=O)(OC[C@@H]2CN(P(=O)(OC[C@@H]3CN(P(=O)(OC[C@@H]4CNC[C@H](O)O4)N(C)C)C[C@H](O)O3)N(C)C)CCO2)N(C)C)C[C@@H](CO[P+](=O)N(C)C)O1. The molecule has 0 aliphatic carbocycles. The van der Waals surface area contributed by atoms with Crippen molar-refractivity contribution < 1.29 is 65.5 Å². The van der Waals surface area contributed by atoms with Crippen molar-refractivity contribution >= 4 is 31.2 Å². The quantitative estimate of drug-likeness (QED) is 0.150. The second-order valence-corrected chi connectivity index (χ2v) is 23.9. The number of aliphatic hydroxyl groups is 2. The van der Waals surface area contributed by atoms with Gasteiger partial charge in [-0.15, -0.1) is 4.52 Å². The first-order valence-corrected chi connectivity index (χ1v) is 23.9. The summed E-state index contributed by atoms with van der Waals surface area (Å²) in [5.74, 6) is 0. The Labute approximate surface area is 326 Å². The maximum Gasteiger partial charge on any atom is 0.615 e. The fraction of sp³-hybridized carbons (Fsp3) is 1.00. The van der Waals surface area contributed by atoms with E-state index in [-0.39, 0.29) is 78.4 Å². The molecular formula is C29H63N8O14P4+. The monoisotopic (exact) mass is 871 g/mol. The molecule has 0 amide bonds. The minimum atomic E-state index is -3.71. The van der Waals surface area contributed by atoms with Crippen LogP contribution < -0.4 is 5.32 Å². The average molecular weight is 872 g/mol. The smallest absolute Gasteiger partial charge is 0.373 e. The molecule has 26 heteroatoms. The number of aliphatic hydroxyl groups excluding tert-OH is 2. The van der Waals surface area contributed by atoms with E-state index in [0.717, 1.165) is 0 Å². The summed E-state index contributed by atoms with van der Waals surface area (Å²) >= 11 is 0. The number of β-amino-alcohol motifs (C(OH)–C–C–N with tert-alkyl or cyclic N) is 2. The predicted octanol–water partition coefficient (Wildman–Crippen LogP) is 0.397. The summed E-state index contributed by atoms with van der Waals surface area (Å²) in [4.78, 5) is 0. The molecule has 322 valence electrons. The van der Waals surface area contributed by atoms with Gasteiger partial charge in [-0.25, -0.2) is 28.0 Å². The van der Waals surface area contributed by atoms with Gasteiger partial charge in [-0.1, -0.05) is 4.67 Å². The van der Waals surface area contributed by atoms with Crippen molar-refractivity contribution in [1.82, 2.24) is 38.0 Å². The predicted molar refractivity (Wildman–Crippen MR) is 202 cm³/mol. The van der Waals surface area contributed by atoms with Crippen LogP contribution in [0, 0.1) is 0 Å². The molecular weight excluding hydrogens is 808 g/mol. The molecule has 4 fully saturated rings. The molecule has 0 saturated carbocycles. The van der Waals surface area contributed by atoms with E-state index in [1.54, 1.807) is 65.7 Å². The molecule has 0 aromatic carbocycles. The van der Waals surface area contributed by atoms with Crippen LogP contribution in [0.5, 0.6) is 0 Å². The van der Waals surface area contributed by atoms with Gasteiger partial charge in [0.15, 0.2) is 12.6 Å². The number of morpholine rings is 4. The Bertz CT molecular complexity index is 1390. The first-order chi connectivity index (χ1) is 25.8. The molecule has 4 aliphatic heterocycles. The summed E-state index contributed by atoms with van der Waals surface area (Å²) in [6.45, 7) is 3.31. The van der Waals surface area contributed by atoms with Crippen LogP contribution in [-0.2, 0) is 55.3 Å². The van der Waals surface area contributed by atoms with E-state index >= 15 is 0 Å². The Kier molecular flexibility index (Phi) is 18.3. The summed E-state index contributed by atoms with van der Waals surface area (Å²) in [5.41, 5.74) is 0. The number of hydrogen-bond acceptors (Lipinski definition) is 15. The van der Waals surface area contributed by atoms with E-state index in [1.165, 1.54) is 23.4 Å². The zero-order valence-electron chi connectivity index (χ0n) is 33.4. The van der Waals surface area contributed by atoms with Crippen molar-refractivity contribution in [3.05, 3.63) is 0 Å². The molecule has 4 rings (SSSR count). The Morgan fingerprint density at radius 1 is 0.655 bits per heavy atom. The maximum atomic E-state index is 14.6. The normalized spacial score (nSPS) is 33.1. The van der Waals surface area contributed by atoms with Crippen LogP contribution >= 0.6 is 31.2 Å². The van der Waals surface area contributed by atoms with Crippen molar-refractivity contribution in [2.75, 3.05) is 142 Å². The summed E-state index contributed by atoms with van der Waals surface area (Å²) in [6.07, 6.45) is -5.10. The first kappa shape index (κ1) is 47.7. The van der Waals surface area contributed by atoms with Crippen LogP contribution in [0.2, 0.25) is 0 Å². The third kappa shape index (κ3) is 12.8. The first-order valence-electron chi connectivity index (χ1n) is 18.2. The van der Waals surface area contributed by atoms with E-state index < -0.39 is 68.2 Å². The van der Waals surface area contributed by atoms with Crippen LogP contribution in [0.25, 0.3) is 0 Å². The lowest BCUT2D eigenvalue weighted by molar-refractivity contribution is -0.181. The molecule has 11 atom stereocenters. The van der Waals surface area contributed by atoms with Crippen LogP contribution in [0.3, 0.4) is 0 Å². The average Bonchev–Trinajstić information content (AvgIpc) is 3.13. The van der Waals surface area contributed by atoms with Crippen molar-refractivity contribution in [3.8, 4) is 0 Å². The van der Waals surface area contributed by atoms with Crippen molar-refractivity contribution in [1.29, 1.82) is 0 Å². The Hall–Kier alpha value is 0.0700. The molecule has 4 saturated heterocycles. The van der Waals surface area contributed by atoms with Gasteiger partial charge in [0, 0.05) is 59.9 Å². The second kappa shape index (κ2) is 21.0. The van der Waals surface area contributed by atoms with E-state index in [4.69, 9.17) is 37.0 Å². The van der Waals surface area contributed by atoms with Crippen molar-refractivity contribution in [2.45, 2.75) is 50.0 Å². The maximum absolute atomic E-state index is 14.6. The third-order valence-corrected chi connectivity index (χ3v) is 17.8. The highest BCUT2D eigenvalue weighted by Crippen LogP contribution is 2.57. The second-order valence-electron chi connectivity index (χ2n) is 14.6. The minimum absolute atomic E-state index is 0.0346. The van der Waals surface area contributed by atoms with Gasteiger partial charge in [0.25, 0.3) is 0 Å². The lowest BCUT2D eigenvalue weighted by Gasteiger charge is -2.43. The van der Waals surface area contributed by atoms with Gasteiger partial charge >= 0.3 is 31.2 Å². The lowest BCUT2D eigenvalue weighted by Crippen LogP contribution is -2.51. The molecule has 3 N–H and O–H groups in total. The molecule has 55 heavy (non-hydrogen) atoms. The topological polar surface area (TPSA) is 217 Å². The minimum Gasteiger partial charge on any atom is -0.373 e. The number of rotatable bonds is 19. The lowest BCUT2D eigenvalue weighted by atomic mass is 10.2. The van der Waals surface area contributed by atoms with Crippen molar-refractivity contribution in [3.63, 3.8) is 0 Å². The number of hydrogen-bond donors (Lipinski definition) is 3. The van der Waals surface area contributed by atoms with Gasteiger partial charge < -0.3 is 48.0 Å². The van der Waals surface area contributed by atoms with Gasteiger partial charge in [-0.2, -0.15) is 0 Å². The zero-order chi connectivity index (χ0) is 40.7. The van der Waals surface area contributed by atoms with Crippen LogP contribution in [0.1, 0.15) is 6.92 Å². The highest BCUT2D eigenvalue weighted by atomic mass is 31.2. The molecule has 22 nitrogen and oxygen atoms in total. The largest absolute Gasteiger partial charge is 0.615 e. The van der Waals surface area contributed by atoms with Gasteiger partial charge in [-0.05, 0) is 53.8 Å². The standard InChI is InChI=1S/C29H63N8O14P4/c1-23-14-36(16-26(49-23)19-45-52(40)31(2)3)54(42,33(6)7)47-21-25-15-35(10-11-44-25)53(41,32(4)5)48-22-27-17-37(18-29(39)51-27)55(43,34(8)9)46-20-24-12-30-13-28(38)50-24/h23-30,38-39H,10-22H2,1-9H3/q+1/t23-,24-,25-,26-,27-,28+,29+,53?,54?,55?/m0/s1. The van der Waals surface area contributed by atoms with E-state index in [0.29, 0.717) is 13.1 Å². The van der Waals surface area contributed by atoms with Crippen LogP contribution in [0.15, 0.2) is 0 Å². The van der Waals surface area contributed by atoms with Gasteiger partial charge in [0.2, 0.25) is 0 Å². The van der Waals surface area contributed by atoms with Crippen molar-refractivity contribution in [2.24, 2.45) is 0 Å². The highest BCUT2D eigenvalue weighted by molar-refractivity contribution is 7.54. The highest BCUT2D eigenvalue weighted by Gasteiger charge is 2.46. The summed E-state index contributed by atoms with van der Waals surface area (Å²) in [5, 5.41) is 23.5. The molecule has 4 heterocycles. The molecule has 0 aromatic rings. The molecule has 4 unspecified atom stereocenters. The fourth-order valence-corrected chi connectivity index (χ4v) is 13.0. The van der Waals surface area contributed by atoms with Crippen LogP contribution in [-0.4, -0.2) is 228 Å². The summed E-state index contributed by atoms with van der Waals surface area (Å²) < 4.78 is 113. The van der Waals surface area contributed by atoms with E-state index in [2.05, 4.69) is 5.32 Å². The van der Waals surface area contributed by atoms with Crippen LogP contribution in [0.4, 0.5) is 0 Å². The number of nitrogens with zero attached hydrogens (tertiary/aromatic N) is 7.